The minimum Gasteiger partial charge on any atom is -0.385 e. The maximum absolute atomic E-state index is 12.9. The zero-order chi connectivity index (χ0) is 11.3. The SMILES string of the molecule is CN(C)CCCNc1ccc(F)c(Br)c1. The van der Waals surface area contributed by atoms with Crippen molar-refractivity contribution in [1.29, 1.82) is 0 Å². The lowest BCUT2D eigenvalue weighted by Gasteiger charge is -2.10. The Kier molecular flexibility index (Phi) is 5.05. The van der Waals surface area contributed by atoms with E-state index >= 15 is 0 Å². The van der Waals surface area contributed by atoms with Crippen LogP contribution in [0.25, 0.3) is 0 Å². The van der Waals surface area contributed by atoms with Crippen LogP contribution in [0.2, 0.25) is 0 Å². The summed E-state index contributed by atoms with van der Waals surface area (Å²) in [6, 6.07) is 4.96. The number of halogens is 2. The second kappa shape index (κ2) is 6.08. The van der Waals surface area contributed by atoms with Gasteiger partial charge in [-0.05, 0) is 61.2 Å². The molecule has 84 valence electrons. The van der Waals surface area contributed by atoms with Crippen molar-refractivity contribution in [2.45, 2.75) is 6.42 Å². The van der Waals surface area contributed by atoms with Gasteiger partial charge in [-0.2, -0.15) is 0 Å². The van der Waals surface area contributed by atoms with Crippen molar-refractivity contribution >= 4 is 21.6 Å². The molecule has 15 heavy (non-hydrogen) atoms. The maximum atomic E-state index is 12.9. The molecule has 0 radical (unpaired) electrons. The summed E-state index contributed by atoms with van der Waals surface area (Å²) in [5.74, 6) is -0.228. The summed E-state index contributed by atoms with van der Waals surface area (Å²) < 4.78 is 13.4. The van der Waals surface area contributed by atoms with Crippen LogP contribution in [0.3, 0.4) is 0 Å². The molecule has 0 aromatic heterocycles. The van der Waals surface area contributed by atoms with Crippen LogP contribution >= 0.6 is 15.9 Å². The third-order valence-corrected chi connectivity index (χ3v) is 2.64. The molecule has 1 aromatic carbocycles. The van der Waals surface area contributed by atoms with Crippen LogP contribution in [0.5, 0.6) is 0 Å². The van der Waals surface area contributed by atoms with Crippen molar-refractivity contribution in [2.24, 2.45) is 0 Å². The Labute approximate surface area is 98.6 Å². The molecule has 0 aliphatic heterocycles. The topological polar surface area (TPSA) is 15.3 Å². The van der Waals surface area contributed by atoms with Crippen molar-refractivity contribution in [3.05, 3.63) is 28.5 Å². The van der Waals surface area contributed by atoms with Gasteiger partial charge in [0.2, 0.25) is 0 Å². The van der Waals surface area contributed by atoms with Gasteiger partial charge in [-0.1, -0.05) is 0 Å². The van der Waals surface area contributed by atoms with E-state index < -0.39 is 0 Å². The van der Waals surface area contributed by atoms with Gasteiger partial charge in [0.15, 0.2) is 0 Å². The zero-order valence-electron chi connectivity index (χ0n) is 9.06. The van der Waals surface area contributed by atoms with E-state index in [9.17, 15) is 4.39 Å². The molecule has 0 aliphatic carbocycles. The van der Waals surface area contributed by atoms with Gasteiger partial charge in [-0.25, -0.2) is 4.39 Å². The molecule has 0 atom stereocenters. The molecule has 0 unspecified atom stereocenters. The number of rotatable bonds is 5. The van der Waals surface area contributed by atoms with Crippen molar-refractivity contribution in [2.75, 3.05) is 32.5 Å². The third kappa shape index (κ3) is 4.62. The van der Waals surface area contributed by atoms with Crippen LogP contribution in [0.15, 0.2) is 22.7 Å². The first-order valence-corrected chi connectivity index (χ1v) is 5.72. The van der Waals surface area contributed by atoms with Gasteiger partial charge in [0.1, 0.15) is 5.82 Å². The van der Waals surface area contributed by atoms with Gasteiger partial charge < -0.3 is 10.2 Å². The molecule has 4 heteroatoms. The second-order valence-electron chi connectivity index (χ2n) is 3.71. The lowest BCUT2D eigenvalue weighted by atomic mass is 10.3. The van der Waals surface area contributed by atoms with Crippen molar-refractivity contribution < 1.29 is 4.39 Å². The number of nitrogens with one attached hydrogen (secondary N) is 1. The summed E-state index contributed by atoms with van der Waals surface area (Å²) in [7, 11) is 4.10. The third-order valence-electron chi connectivity index (χ3n) is 2.03. The summed E-state index contributed by atoms with van der Waals surface area (Å²) in [6.07, 6.45) is 1.07. The molecule has 1 N–H and O–H groups in total. The number of anilines is 1. The van der Waals surface area contributed by atoms with Gasteiger partial charge >= 0.3 is 0 Å². The van der Waals surface area contributed by atoms with E-state index in [1.807, 2.05) is 0 Å². The quantitative estimate of drug-likeness (QED) is 0.831. The zero-order valence-corrected chi connectivity index (χ0v) is 10.6. The van der Waals surface area contributed by atoms with E-state index in [2.05, 4.69) is 40.2 Å². The van der Waals surface area contributed by atoms with Crippen molar-refractivity contribution in [3.8, 4) is 0 Å². The van der Waals surface area contributed by atoms with Gasteiger partial charge in [-0.3, -0.25) is 0 Å². The lowest BCUT2D eigenvalue weighted by molar-refractivity contribution is 0.405. The van der Waals surface area contributed by atoms with Gasteiger partial charge in [0, 0.05) is 12.2 Å². The van der Waals surface area contributed by atoms with Crippen LogP contribution < -0.4 is 5.32 Å². The molecule has 0 saturated carbocycles. The Bertz CT molecular complexity index is 315. The Balaban J connectivity index is 2.35. The fourth-order valence-corrected chi connectivity index (χ4v) is 1.61. The van der Waals surface area contributed by atoms with E-state index in [1.54, 1.807) is 12.1 Å². The summed E-state index contributed by atoms with van der Waals surface area (Å²) in [5.41, 5.74) is 0.946. The van der Waals surface area contributed by atoms with E-state index in [0.29, 0.717) is 4.47 Å². The average Bonchev–Trinajstić information content (AvgIpc) is 2.18. The number of nitrogens with zero attached hydrogens (tertiary/aromatic N) is 1. The van der Waals surface area contributed by atoms with Gasteiger partial charge in [0.25, 0.3) is 0 Å². The fraction of sp³-hybridized carbons (Fsp3) is 0.455. The highest BCUT2D eigenvalue weighted by molar-refractivity contribution is 9.10. The molecule has 0 aliphatic rings. The first-order chi connectivity index (χ1) is 7.09. The molecular formula is C11H16BrFN2. The molecule has 0 spiro atoms. The fourth-order valence-electron chi connectivity index (χ4n) is 1.23. The highest BCUT2D eigenvalue weighted by atomic mass is 79.9. The molecule has 2 nitrogen and oxygen atoms in total. The second-order valence-corrected chi connectivity index (χ2v) is 4.57. The minimum atomic E-state index is -0.228. The minimum absolute atomic E-state index is 0.228. The number of benzene rings is 1. The average molecular weight is 275 g/mol. The van der Waals surface area contributed by atoms with E-state index in [-0.39, 0.29) is 5.82 Å². The smallest absolute Gasteiger partial charge is 0.137 e. The van der Waals surface area contributed by atoms with E-state index in [1.165, 1.54) is 6.07 Å². The summed E-state index contributed by atoms with van der Waals surface area (Å²) in [6.45, 7) is 1.95. The number of hydrogen-bond acceptors (Lipinski definition) is 2. The molecular weight excluding hydrogens is 259 g/mol. The molecule has 0 heterocycles. The highest BCUT2D eigenvalue weighted by Crippen LogP contribution is 2.19. The first-order valence-electron chi connectivity index (χ1n) is 4.93. The highest BCUT2D eigenvalue weighted by Gasteiger charge is 1.99. The van der Waals surface area contributed by atoms with Crippen LogP contribution in [0, 0.1) is 5.82 Å². The van der Waals surface area contributed by atoms with Crippen LogP contribution in [-0.4, -0.2) is 32.1 Å². The predicted octanol–water partition coefficient (Wildman–Crippen LogP) is 2.95. The van der Waals surface area contributed by atoms with Crippen LogP contribution in [-0.2, 0) is 0 Å². The molecule has 0 saturated heterocycles. The van der Waals surface area contributed by atoms with Gasteiger partial charge in [0.05, 0.1) is 4.47 Å². The van der Waals surface area contributed by atoms with Crippen molar-refractivity contribution in [3.63, 3.8) is 0 Å². The van der Waals surface area contributed by atoms with Crippen LogP contribution in [0.4, 0.5) is 10.1 Å². The molecule has 1 rings (SSSR count). The predicted molar refractivity (Wildman–Crippen MR) is 65.8 cm³/mol. The van der Waals surface area contributed by atoms with Crippen molar-refractivity contribution in [1.82, 2.24) is 4.90 Å². The molecule has 1 aromatic rings. The Morgan fingerprint density at radius 2 is 2.13 bits per heavy atom. The Morgan fingerprint density at radius 1 is 1.40 bits per heavy atom. The largest absolute Gasteiger partial charge is 0.385 e. The standard InChI is InChI=1S/C11H16BrFN2/c1-15(2)7-3-6-14-9-4-5-11(13)10(12)8-9/h4-5,8,14H,3,6-7H2,1-2H3. The number of hydrogen-bond donors (Lipinski definition) is 1. The Hall–Kier alpha value is -0.610. The van der Waals surface area contributed by atoms with Crippen LogP contribution in [0.1, 0.15) is 6.42 Å². The summed E-state index contributed by atoms with van der Waals surface area (Å²) in [5, 5.41) is 3.24. The van der Waals surface area contributed by atoms with Gasteiger partial charge in [-0.15, -0.1) is 0 Å². The summed E-state index contributed by atoms with van der Waals surface area (Å²) >= 11 is 3.16. The summed E-state index contributed by atoms with van der Waals surface area (Å²) in [4.78, 5) is 2.14. The Morgan fingerprint density at radius 3 is 2.73 bits per heavy atom. The maximum Gasteiger partial charge on any atom is 0.137 e. The lowest BCUT2D eigenvalue weighted by Crippen LogP contribution is -2.16. The van der Waals surface area contributed by atoms with E-state index in [4.69, 9.17) is 0 Å². The normalized spacial score (nSPS) is 10.7. The molecule has 0 bridgehead atoms. The van der Waals surface area contributed by atoms with E-state index in [0.717, 1.165) is 25.2 Å². The first kappa shape index (κ1) is 12.5. The molecule has 0 fully saturated rings. The monoisotopic (exact) mass is 274 g/mol. The molecule has 0 amide bonds.